The molecule has 0 unspecified atom stereocenters. The zero-order chi connectivity index (χ0) is 28.3. The van der Waals surface area contributed by atoms with Gasteiger partial charge in [0.1, 0.15) is 34.3 Å². The molecule has 4 aromatic rings. The monoisotopic (exact) mass is 536 g/mol. The van der Waals surface area contributed by atoms with Gasteiger partial charge >= 0.3 is 11.6 Å². The van der Waals surface area contributed by atoms with E-state index in [1.807, 2.05) is 36.4 Å². The summed E-state index contributed by atoms with van der Waals surface area (Å²) in [6, 6.07) is 24.4. The lowest BCUT2D eigenvalue weighted by molar-refractivity contribution is -0.129. The lowest BCUT2D eigenvalue weighted by atomic mass is 10.1. The average molecular weight is 537 g/mol. The van der Waals surface area contributed by atoms with E-state index in [1.54, 1.807) is 30.3 Å². The number of nitrogens with one attached hydrogen (secondary N) is 1. The number of nitriles is 1. The van der Waals surface area contributed by atoms with E-state index < -0.39 is 17.5 Å². The summed E-state index contributed by atoms with van der Waals surface area (Å²) >= 11 is 0. The van der Waals surface area contributed by atoms with E-state index in [0.29, 0.717) is 36.3 Å². The number of benzene rings is 3. The fourth-order valence-electron chi connectivity index (χ4n) is 3.83. The summed E-state index contributed by atoms with van der Waals surface area (Å²) in [5, 5.41) is 12.7. The molecular weight excluding hydrogens is 508 g/mol. The molecule has 0 aliphatic heterocycles. The number of carbonyl (C=O) groups excluding carboxylic acids is 2. The molecule has 1 aromatic heterocycles. The molecule has 0 aliphatic rings. The third-order valence-electron chi connectivity index (χ3n) is 6.00. The van der Waals surface area contributed by atoms with Crippen molar-refractivity contribution in [3.05, 3.63) is 112 Å². The minimum atomic E-state index is -0.859. The van der Waals surface area contributed by atoms with Crippen molar-refractivity contribution in [3.63, 3.8) is 0 Å². The number of unbranched alkanes of at least 4 members (excludes halogenated alkanes) is 1. The van der Waals surface area contributed by atoms with Crippen LogP contribution in [0.2, 0.25) is 0 Å². The molecule has 8 nitrogen and oxygen atoms in total. The Balaban J connectivity index is 1.41. The molecule has 1 heterocycles. The second-order valence-corrected chi connectivity index (χ2v) is 8.97. The molecule has 0 radical (unpaired) electrons. The zero-order valence-corrected chi connectivity index (χ0v) is 22.0. The molecule has 0 saturated heterocycles. The third-order valence-corrected chi connectivity index (χ3v) is 6.00. The fourth-order valence-corrected chi connectivity index (χ4v) is 3.83. The summed E-state index contributed by atoms with van der Waals surface area (Å²) in [4.78, 5) is 37.7. The van der Waals surface area contributed by atoms with Gasteiger partial charge in [-0.2, -0.15) is 5.26 Å². The van der Waals surface area contributed by atoms with Crippen LogP contribution >= 0.6 is 0 Å². The van der Waals surface area contributed by atoms with Gasteiger partial charge in [-0.3, -0.25) is 4.79 Å². The molecule has 0 aliphatic carbocycles. The van der Waals surface area contributed by atoms with Crippen molar-refractivity contribution < 1.29 is 23.5 Å². The lowest BCUT2D eigenvalue weighted by Gasteiger charge is -2.07. The Morgan fingerprint density at radius 2 is 1.75 bits per heavy atom. The van der Waals surface area contributed by atoms with Crippen LogP contribution in [0.3, 0.4) is 0 Å². The van der Waals surface area contributed by atoms with Gasteiger partial charge < -0.3 is 19.2 Å². The Bertz CT molecular complexity index is 1620. The van der Waals surface area contributed by atoms with E-state index >= 15 is 0 Å². The second-order valence-electron chi connectivity index (χ2n) is 8.97. The van der Waals surface area contributed by atoms with Crippen LogP contribution in [-0.2, 0) is 11.2 Å². The van der Waals surface area contributed by atoms with Gasteiger partial charge in [-0.15, -0.1) is 0 Å². The number of rotatable bonds is 11. The second kappa shape index (κ2) is 13.6. The molecule has 1 amide bonds. The van der Waals surface area contributed by atoms with Crippen LogP contribution in [0.4, 0.5) is 0 Å². The maximum atomic E-state index is 12.7. The minimum Gasteiger partial charge on any atom is -0.494 e. The minimum absolute atomic E-state index is 0.0848. The summed E-state index contributed by atoms with van der Waals surface area (Å²) in [6.45, 7) is 3.07. The van der Waals surface area contributed by atoms with E-state index in [4.69, 9.17) is 13.9 Å². The van der Waals surface area contributed by atoms with Gasteiger partial charge in [0.05, 0.1) is 6.61 Å². The normalized spacial score (nSPS) is 11.1. The van der Waals surface area contributed by atoms with Crippen molar-refractivity contribution in [2.45, 2.75) is 26.2 Å². The quantitative estimate of drug-likeness (QED) is 0.0675. The molecule has 202 valence electrons. The molecule has 40 heavy (non-hydrogen) atoms. The number of fused-ring (bicyclic) bond motifs is 1. The standard InChI is InChI=1S/C32H28N2O6/c1-2-3-17-38-26-12-9-23(10-13-26)18-25(21-33)31(36)39-27-14-11-24-19-28(32(37)40-29(24)20-27)30(35)34-16-15-22-7-5-4-6-8-22/h4-14,18-20H,2-3,15-17H2,1H3,(H,34,35)/b25-18+. The summed E-state index contributed by atoms with van der Waals surface area (Å²) in [7, 11) is 0. The summed E-state index contributed by atoms with van der Waals surface area (Å²) in [6.07, 6.45) is 4.03. The summed E-state index contributed by atoms with van der Waals surface area (Å²) in [5.74, 6) is -0.605. The van der Waals surface area contributed by atoms with Crippen molar-refractivity contribution in [1.82, 2.24) is 5.32 Å². The van der Waals surface area contributed by atoms with E-state index in [1.165, 1.54) is 24.3 Å². The molecule has 4 rings (SSSR count). The number of hydrogen-bond donors (Lipinski definition) is 1. The first-order valence-electron chi connectivity index (χ1n) is 12.9. The number of hydrogen-bond acceptors (Lipinski definition) is 7. The Morgan fingerprint density at radius 3 is 2.48 bits per heavy atom. The predicted molar refractivity (Wildman–Crippen MR) is 151 cm³/mol. The largest absolute Gasteiger partial charge is 0.494 e. The number of carbonyl (C=O) groups is 2. The molecule has 0 spiro atoms. The SMILES string of the molecule is CCCCOc1ccc(/C=C(\C#N)C(=O)Oc2ccc3cc(C(=O)NCCc4ccccc4)c(=O)oc3c2)cc1. The van der Waals surface area contributed by atoms with Gasteiger partial charge in [-0.1, -0.05) is 55.8 Å². The Morgan fingerprint density at radius 1 is 1.00 bits per heavy atom. The van der Waals surface area contributed by atoms with Crippen LogP contribution in [0.25, 0.3) is 17.0 Å². The fraction of sp³-hybridized carbons (Fsp3) is 0.188. The zero-order valence-electron chi connectivity index (χ0n) is 22.0. The molecule has 3 aromatic carbocycles. The molecule has 8 heteroatoms. The molecular formula is C32H28N2O6. The van der Waals surface area contributed by atoms with Crippen LogP contribution in [-0.4, -0.2) is 25.0 Å². The van der Waals surface area contributed by atoms with Gasteiger partial charge in [0.25, 0.3) is 5.91 Å². The van der Waals surface area contributed by atoms with Crippen LogP contribution in [0, 0.1) is 11.3 Å². The third kappa shape index (κ3) is 7.45. The smallest absolute Gasteiger partial charge is 0.354 e. The maximum absolute atomic E-state index is 12.7. The van der Waals surface area contributed by atoms with Crippen LogP contribution in [0.15, 0.2) is 93.6 Å². The van der Waals surface area contributed by atoms with Crippen molar-refractivity contribution in [3.8, 4) is 17.6 Å². The maximum Gasteiger partial charge on any atom is 0.354 e. The number of nitrogens with zero attached hydrogens (tertiary/aromatic N) is 1. The van der Waals surface area contributed by atoms with E-state index in [-0.39, 0.29) is 22.5 Å². The van der Waals surface area contributed by atoms with Crippen molar-refractivity contribution in [2.75, 3.05) is 13.2 Å². The Labute approximate surface area is 231 Å². The summed E-state index contributed by atoms with van der Waals surface area (Å²) in [5.41, 5.74) is 0.696. The first-order valence-corrected chi connectivity index (χ1v) is 12.9. The molecule has 0 bridgehead atoms. The van der Waals surface area contributed by atoms with Crippen LogP contribution in [0.1, 0.15) is 41.3 Å². The first kappa shape index (κ1) is 27.9. The first-order chi connectivity index (χ1) is 19.5. The van der Waals surface area contributed by atoms with E-state index in [9.17, 15) is 19.6 Å². The topological polar surface area (TPSA) is 119 Å². The lowest BCUT2D eigenvalue weighted by Crippen LogP contribution is -2.29. The summed E-state index contributed by atoms with van der Waals surface area (Å²) < 4.78 is 16.3. The van der Waals surface area contributed by atoms with Crippen molar-refractivity contribution >= 4 is 28.9 Å². The highest BCUT2D eigenvalue weighted by Crippen LogP contribution is 2.22. The van der Waals surface area contributed by atoms with Crippen LogP contribution in [0.5, 0.6) is 11.5 Å². The van der Waals surface area contributed by atoms with Gasteiger partial charge in [-0.25, -0.2) is 9.59 Å². The molecule has 1 N–H and O–H groups in total. The van der Waals surface area contributed by atoms with Gasteiger partial charge in [0.15, 0.2) is 0 Å². The molecule has 0 atom stereocenters. The van der Waals surface area contributed by atoms with Gasteiger partial charge in [0.2, 0.25) is 0 Å². The average Bonchev–Trinajstić information content (AvgIpc) is 2.96. The van der Waals surface area contributed by atoms with Crippen molar-refractivity contribution in [1.29, 1.82) is 5.26 Å². The predicted octanol–water partition coefficient (Wildman–Crippen LogP) is 5.46. The van der Waals surface area contributed by atoms with Gasteiger partial charge in [0, 0.05) is 18.0 Å². The Kier molecular flexibility index (Phi) is 9.46. The van der Waals surface area contributed by atoms with Crippen molar-refractivity contribution in [2.24, 2.45) is 0 Å². The number of amides is 1. The number of ether oxygens (including phenoxy) is 2. The van der Waals surface area contributed by atoms with E-state index in [0.717, 1.165) is 18.4 Å². The highest BCUT2D eigenvalue weighted by Gasteiger charge is 2.16. The van der Waals surface area contributed by atoms with Crippen LogP contribution < -0.4 is 20.4 Å². The molecule has 0 saturated carbocycles. The van der Waals surface area contributed by atoms with E-state index in [2.05, 4.69) is 12.2 Å². The number of esters is 1. The van der Waals surface area contributed by atoms with Gasteiger partial charge in [-0.05, 0) is 60.4 Å². The molecule has 0 fully saturated rings. The Hall–Kier alpha value is -5.16. The highest BCUT2D eigenvalue weighted by molar-refractivity contribution is 6.00. The highest BCUT2D eigenvalue weighted by atomic mass is 16.5.